The molecule has 0 radical (unpaired) electrons. The van der Waals surface area contributed by atoms with Crippen molar-refractivity contribution in [1.82, 2.24) is 9.55 Å². The van der Waals surface area contributed by atoms with Crippen LogP contribution in [0.4, 0.5) is 0 Å². The van der Waals surface area contributed by atoms with E-state index in [1.54, 1.807) is 17.0 Å². The molecular formula is C12H12N2O2. The molecule has 0 aliphatic carbocycles. The number of carbonyl (C=O) groups excluding carboxylic acids is 1. The van der Waals surface area contributed by atoms with Crippen LogP contribution in [0.2, 0.25) is 0 Å². The van der Waals surface area contributed by atoms with Crippen LogP contribution in [0.25, 0.3) is 0 Å². The van der Waals surface area contributed by atoms with Crippen molar-refractivity contribution >= 4 is 6.29 Å². The lowest BCUT2D eigenvalue weighted by Gasteiger charge is -2.05. The first kappa shape index (κ1) is 10.6. The fourth-order valence-corrected chi connectivity index (χ4v) is 1.52. The summed E-state index contributed by atoms with van der Waals surface area (Å²) in [6.45, 7) is 0.657. The summed E-state index contributed by atoms with van der Waals surface area (Å²) in [6, 6.07) is 7.60. The standard InChI is InChI=1S/C12H12N2O2/c15-8-11-3-1-10(2-4-11)7-14-6-5-13-12(14)9-16/h1-6,9,15H,7-8H2. The Kier molecular flexibility index (Phi) is 3.12. The highest BCUT2D eigenvalue weighted by atomic mass is 16.3. The maximum atomic E-state index is 10.7. The molecule has 0 aliphatic rings. The number of hydrogen-bond donors (Lipinski definition) is 1. The molecule has 2 rings (SSSR count). The van der Waals surface area contributed by atoms with Gasteiger partial charge in [-0.05, 0) is 11.1 Å². The topological polar surface area (TPSA) is 55.1 Å². The van der Waals surface area contributed by atoms with Crippen LogP contribution in [0.3, 0.4) is 0 Å². The average molecular weight is 216 g/mol. The molecule has 0 aliphatic heterocycles. The Morgan fingerprint density at radius 2 is 1.94 bits per heavy atom. The maximum Gasteiger partial charge on any atom is 0.185 e. The predicted octanol–water partition coefficient (Wildman–Crippen LogP) is 1.24. The number of imidazole rings is 1. The van der Waals surface area contributed by atoms with Crippen LogP contribution in [0.5, 0.6) is 0 Å². The molecule has 0 saturated carbocycles. The lowest BCUT2D eigenvalue weighted by molar-refractivity contribution is 0.111. The molecule has 0 bridgehead atoms. The van der Waals surface area contributed by atoms with Crippen molar-refractivity contribution in [1.29, 1.82) is 0 Å². The van der Waals surface area contributed by atoms with Crippen molar-refractivity contribution in [2.75, 3.05) is 0 Å². The second-order valence-electron chi connectivity index (χ2n) is 3.51. The summed E-state index contributed by atoms with van der Waals surface area (Å²) in [5.74, 6) is 0.422. The minimum Gasteiger partial charge on any atom is -0.392 e. The van der Waals surface area contributed by atoms with Crippen molar-refractivity contribution in [3.05, 3.63) is 53.6 Å². The van der Waals surface area contributed by atoms with Crippen LogP contribution in [0.1, 0.15) is 21.7 Å². The van der Waals surface area contributed by atoms with Gasteiger partial charge in [0.2, 0.25) is 0 Å². The summed E-state index contributed by atoms with van der Waals surface area (Å²) >= 11 is 0. The number of nitrogens with zero attached hydrogens (tertiary/aromatic N) is 2. The first-order chi connectivity index (χ1) is 7.83. The molecule has 0 spiro atoms. The molecule has 0 saturated heterocycles. The third kappa shape index (κ3) is 2.17. The second-order valence-corrected chi connectivity index (χ2v) is 3.51. The number of aliphatic hydroxyl groups is 1. The zero-order valence-electron chi connectivity index (χ0n) is 8.71. The summed E-state index contributed by atoms with van der Waals surface area (Å²) in [4.78, 5) is 14.6. The number of hydrogen-bond acceptors (Lipinski definition) is 3. The summed E-state index contributed by atoms with van der Waals surface area (Å²) in [6.07, 6.45) is 4.11. The van der Waals surface area contributed by atoms with Crippen molar-refractivity contribution < 1.29 is 9.90 Å². The maximum absolute atomic E-state index is 10.7. The van der Waals surface area contributed by atoms with Gasteiger partial charge < -0.3 is 9.67 Å². The highest BCUT2D eigenvalue weighted by molar-refractivity contribution is 5.69. The monoisotopic (exact) mass is 216 g/mol. The van der Waals surface area contributed by atoms with Gasteiger partial charge in [-0.3, -0.25) is 4.79 Å². The molecule has 1 N–H and O–H groups in total. The molecule has 0 amide bonds. The Bertz CT molecular complexity index is 474. The average Bonchev–Trinajstić information content (AvgIpc) is 2.77. The van der Waals surface area contributed by atoms with E-state index < -0.39 is 0 Å². The van der Waals surface area contributed by atoms with Gasteiger partial charge in [0.25, 0.3) is 0 Å². The Morgan fingerprint density at radius 3 is 2.56 bits per heavy atom. The zero-order valence-corrected chi connectivity index (χ0v) is 8.71. The number of aliphatic hydroxyl groups excluding tert-OH is 1. The van der Waals surface area contributed by atoms with Crippen LogP contribution in [0.15, 0.2) is 36.7 Å². The third-order valence-electron chi connectivity index (χ3n) is 2.41. The van der Waals surface area contributed by atoms with Crippen molar-refractivity contribution in [3.8, 4) is 0 Å². The Balaban J connectivity index is 2.17. The minimum atomic E-state index is 0.0466. The van der Waals surface area contributed by atoms with E-state index in [2.05, 4.69) is 4.98 Å². The highest BCUT2D eigenvalue weighted by Gasteiger charge is 2.01. The van der Waals surface area contributed by atoms with Crippen LogP contribution in [-0.4, -0.2) is 20.9 Å². The Hall–Kier alpha value is -1.94. The van der Waals surface area contributed by atoms with Gasteiger partial charge in [0.1, 0.15) is 0 Å². The van der Waals surface area contributed by atoms with Gasteiger partial charge in [0, 0.05) is 18.9 Å². The quantitative estimate of drug-likeness (QED) is 0.782. The third-order valence-corrected chi connectivity index (χ3v) is 2.41. The van der Waals surface area contributed by atoms with Gasteiger partial charge in [-0.15, -0.1) is 0 Å². The Labute approximate surface area is 93.2 Å². The van der Waals surface area contributed by atoms with E-state index in [-0.39, 0.29) is 6.61 Å². The largest absolute Gasteiger partial charge is 0.392 e. The van der Waals surface area contributed by atoms with Crippen molar-refractivity contribution in [2.45, 2.75) is 13.2 Å². The highest BCUT2D eigenvalue weighted by Crippen LogP contribution is 2.07. The molecule has 0 atom stereocenters. The summed E-state index contributed by atoms with van der Waals surface area (Å²) in [7, 11) is 0. The molecule has 4 heteroatoms. The molecule has 4 nitrogen and oxygen atoms in total. The summed E-state index contributed by atoms with van der Waals surface area (Å²) in [5.41, 5.74) is 1.95. The van der Waals surface area contributed by atoms with Crippen molar-refractivity contribution in [2.24, 2.45) is 0 Å². The SMILES string of the molecule is O=Cc1nccn1Cc1ccc(CO)cc1. The normalized spacial score (nSPS) is 10.3. The van der Waals surface area contributed by atoms with Crippen LogP contribution in [-0.2, 0) is 13.2 Å². The molecule has 16 heavy (non-hydrogen) atoms. The van der Waals surface area contributed by atoms with E-state index in [0.29, 0.717) is 12.4 Å². The molecular weight excluding hydrogens is 204 g/mol. The summed E-state index contributed by atoms with van der Waals surface area (Å²) < 4.78 is 1.78. The fraction of sp³-hybridized carbons (Fsp3) is 0.167. The predicted molar refractivity (Wildman–Crippen MR) is 59.1 cm³/mol. The van der Waals surface area contributed by atoms with Gasteiger partial charge >= 0.3 is 0 Å². The van der Waals surface area contributed by atoms with Gasteiger partial charge in [-0.25, -0.2) is 4.98 Å². The number of aldehydes is 1. The van der Waals surface area contributed by atoms with E-state index in [4.69, 9.17) is 5.11 Å². The van der Waals surface area contributed by atoms with E-state index >= 15 is 0 Å². The number of rotatable bonds is 4. The van der Waals surface area contributed by atoms with Crippen LogP contribution in [0, 0.1) is 0 Å². The van der Waals surface area contributed by atoms with E-state index in [9.17, 15) is 4.79 Å². The Morgan fingerprint density at radius 1 is 1.25 bits per heavy atom. The molecule has 82 valence electrons. The second kappa shape index (κ2) is 4.72. The molecule has 2 aromatic rings. The minimum absolute atomic E-state index is 0.0466. The van der Waals surface area contributed by atoms with Crippen LogP contribution >= 0.6 is 0 Å². The first-order valence-electron chi connectivity index (χ1n) is 4.98. The molecule has 1 aromatic carbocycles. The van der Waals surface area contributed by atoms with E-state index in [1.165, 1.54) is 0 Å². The van der Waals surface area contributed by atoms with Gasteiger partial charge in [0.15, 0.2) is 12.1 Å². The van der Waals surface area contributed by atoms with Gasteiger partial charge in [0.05, 0.1) is 6.61 Å². The number of aromatic nitrogens is 2. The zero-order chi connectivity index (χ0) is 11.4. The molecule has 1 heterocycles. The number of carbonyl (C=O) groups is 1. The molecule has 1 aromatic heterocycles. The fourth-order valence-electron chi connectivity index (χ4n) is 1.52. The summed E-state index contributed by atoms with van der Waals surface area (Å²) in [5, 5.41) is 8.91. The van der Waals surface area contributed by atoms with Gasteiger partial charge in [-0.2, -0.15) is 0 Å². The lowest BCUT2D eigenvalue weighted by Crippen LogP contribution is -2.03. The van der Waals surface area contributed by atoms with E-state index in [1.807, 2.05) is 24.3 Å². The van der Waals surface area contributed by atoms with Gasteiger partial charge in [-0.1, -0.05) is 24.3 Å². The first-order valence-corrected chi connectivity index (χ1v) is 4.98. The smallest absolute Gasteiger partial charge is 0.185 e. The van der Waals surface area contributed by atoms with E-state index in [0.717, 1.165) is 17.4 Å². The number of benzene rings is 1. The molecule has 0 unspecified atom stereocenters. The molecule has 0 fully saturated rings. The van der Waals surface area contributed by atoms with Crippen LogP contribution < -0.4 is 0 Å². The van der Waals surface area contributed by atoms with Crippen molar-refractivity contribution in [3.63, 3.8) is 0 Å². The lowest BCUT2D eigenvalue weighted by atomic mass is 10.1.